The zero-order valence-corrected chi connectivity index (χ0v) is 20.1. The van der Waals surface area contributed by atoms with Gasteiger partial charge >= 0.3 is 0 Å². The monoisotopic (exact) mass is 474 g/mol. The van der Waals surface area contributed by atoms with Crippen molar-refractivity contribution in [3.8, 4) is 0 Å². The molecule has 3 heterocycles. The molecule has 0 bridgehead atoms. The van der Waals surface area contributed by atoms with Gasteiger partial charge in [0.1, 0.15) is 16.5 Å². The number of aromatic amines is 1. The van der Waals surface area contributed by atoms with Crippen LogP contribution in [0.1, 0.15) is 42.5 Å². The number of rotatable bonds is 6. The average molecular weight is 475 g/mol. The fourth-order valence-corrected chi connectivity index (χ4v) is 5.70. The summed E-state index contributed by atoms with van der Waals surface area (Å²) in [5.41, 5.74) is 2.18. The molecule has 1 atom stereocenters. The molecule has 1 unspecified atom stereocenters. The van der Waals surface area contributed by atoms with Crippen molar-refractivity contribution in [2.75, 3.05) is 23.3 Å². The van der Waals surface area contributed by atoms with Gasteiger partial charge in [0.05, 0.1) is 27.8 Å². The van der Waals surface area contributed by atoms with E-state index in [-0.39, 0.29) is 17.3 Å². The molecule has 1 aliphatic rings. The van der Waals surface area contributed by atoms with Crippen LogP contribution in [0.2, 0.25) is 0 Å². The first kappa shape index (κ1) is 22.8. The molecule has 1 saturated heterocycles. The van der Waals surface area contributed by atoms with Gasteiger partial charge in [-0.05, 0) is 63.8 Å². The number of thioether (sulfide) groups is 1. The van der Waals surface area contributed by atoms with Gasteiger partial charge in [-0.3, -0.25) is 9.59 Å². The Bertz CT molecular complexity index is 1200. The van der Waals surface area contributed by atoms with Crippen molar-refractivity contribution in [1.29, 1.82) is 0 Å². The number of piperidine rings is 1. The highest BCUT2D eigenvalue weighted by Gasteiger charge is 2.20. The molecule has 0 radical (unpaired) electrons. The number of hydrogen-bond donors (Lipinski definition) is 2. The third-order valence-corrected chi connectivity index (χ3v) is 8.10. The number of halogens is 1. The lowest BCUT2D eigenvalue weighted by molar-refractivity contribution is -0.115. The third-order valence-electron chi connectivity index (χ3n) is 5.84. The van der Waals surface area contributed by atoms with Gasteiger partial charge in [-0.25, -0.2) is 9.37 Å². The summed E-state index contributed by atoms with van der Waals surface area (Å²) in [5, 5.41) is 3.14. The van der Waals surface area contributed by atoms with Crippen molar-refractivity contribution in [2.45, 2.75) is 51.0 Å². The smallest absolute Gasteiger partial charge is 0.259 e. The van der Waals surface area contributed by atoms with Gasteiger partial charge in [0.15, 0.2) is 0 Å². The van der Waals surface area contributed by atoms with Crippen molar-refractivity contribution >= 4 is 50.6 Å². The summed E-state index contributed by atoms with van der Waals surface area (Å²) in [5.74, 6) is 0.369. The zero-order valence-electron chi connectivity index (χ0n) is 18.5. The van der Waals surface area contributed by atoms with Crippen LogP contribution in [0.3, 0.4) is 0 Å². The van der Waals surface area contributed by atoms with Crippen molar-refractivity contribution in [1.82, 2.24) is 9.97 Å². The van der Waals surface area contributed by atoms with E-state index in [0.29, 0.717) is 22.7 Å². The molecule has 3 aromatic rings. The fourth-order valence-electron chi connectivity index (χ4n) is 3.90. The molecule has 32 heavy (non-hydrogen) atoms. The minimum Gasteiger partial charge on any atom is -0.370 e. The Balaban J connectivity index is 1.44. The topological polar surface area (TPSA) is 78.1 Å². The van der Waals surface area contributed by atoms with Crippen LogP contribution in [0.15, 0.2) is 23.0 Å². The van der Waals surface area contributed by atoms with E-state index in [1.54, 1.807) is 13.0 Å². The van der Waals surface area contributed by atoms with Gasteiger partial charge in [0, 0.05) is 18.0 Å². The van der Waals surface area contributed by atoms with E-state index < -0.39 is 5.25 Å². The normalized spacial score (nSPS) is 15.2. The maximum Gasteiger partial charge on any atom is 0.259 e. The van der Waals surface area contributed by atoms with Crippen LogP contribution < -0.4 is 15.8 Å². The molecule has 9 heteroatoms. The highest BCUT2D eigenvalue weighted by Crippen LogP contribution is 2.31. The van der Waals surface area contributed by atoms with E-state index in [0.717, 1.165) is 46.9 Å². The number of carbonyl (C=O) groups excluding carboxylic acids is 1. The number of carbonyl (C=O) groups is 1. The second-order valence-electron chi connectivity index (χ2n) is 8.13. The minimum atomic E-state index is -0.403. The number of nitrogens with zero attached hydrogens (tertiary/aromatic N) is 2. The van der Waals surface area contributed by atoms with Crippen molar-refractivity contribution < 1.29 is 9.18 Å². The van der Waals surface area contributed by atoms with Gasteiger partial charge in [0.25, 0.3) is 5.56 Å². The Morgan fingerprint density at radius 2 is 2.06 bits per heavy atom. The van der Waals surface area contributed by atoms with Crippen molar-refractivity contribution in [2.24, 2.45) is 0 Å². The predicted octanol–water partition coefficient (Wildman–Crippen LogP) is 4.99. The van der Waals surface area contributed by atoms with Crippen LogP contribution in [0.4, 0.5) is 15.8 Å². The van der Waals surface area contributed by atoms with Crippen molar-refractivity contribution in [3.05, 3.63) is 50.6 Å². The summed E-state index contributed by atoms with van der Waals surface area (Å²) in [6, 6.07) is 4.56. The third kappa shape index (κ3) is 4.83. The van der Waals surface area contributed by atoms with Crippen LogP contribution in [0, 0.1) is 19.7 Å². The predicted molar refractivity (Wildman–Crippen MR) is 132 cm³/mol. The number of aryl methyl sites for hydroxylation is 2. The van der Waals surface area contributed by atoms with Crippen LogP contribution in [0.25, 0.3) is 10.2 Å². The number of aromatic nitrogens is 2. The summed E-state index contributed by atoms with van der Waals surface area (Å²) < 4.78 is 13.9. The highest BCUT2D eigenvalue weighted by molar-refractivity contribution is 7.99. The quantitative estimate of drug-likeness (QED) is 0.526. The van der Waals surface area contributed by atoms with Gasteiger partial charge in [-0.2, -0.15) is 0 Å². The number of benzene rings is 1. The first-order valence-electron chi connectivity index (χ1n) is 10.8. The molecule has 2 N–H and O–H groups in total. The lowest BCUT2D eigenvalue weighted by atomic mass is 10.1. The van der Waals surface area contributed by atoms with Crippen LogP contribution in [0.5, 0.6) is 0 Å². The standard InChI is InChI=1S/C23H27FN4O2S2/c1-13-14(2)32-23-20(13)22(30)26-19(27-23)12-31-15(3)21(29)25-17-11-16(24)7-8-18(17)28-9-5-4-6-10-28/h7-8,11,15H,4-6,9-10,12H2,1-3H3,(H,25,29)(H,26,27,30). The van der Waals surface area contributed by atoms with E-state index in [9.17, 15) is 14.0 Å². The average Bonchev–Trinajstić information content (AvgIpc) is 3.06. The number of nitrogens with one attached hydrogen (secondary N) is 2. The summed E-state index contributed by atoms with van der Waals surface area (Å²) >= 11 is 2.89. The van der Waals surface area contributed by atoms with Crippen LogP contribution in [-0.4, -0.2) is 34.2 Å². The van der Waals surface area contributed by atoms with E-state index in [4.69, 9.17) is 0 Å². The molecular formula is C23H27FN4O2S2. The molecule has 0 spiro atoms. The Morgan fingerprint density at radius 3 is 2.81 bits per heavy atom. The summed E-state index contributed by atoms with van der Waals surface area (Å²) in [4.78, 5) is 36.7. The first-order valence-corrected chi connectivity index (χ1v) is 12.7. The van der Waals surface area contributed by atoms with Crippen molar-refractivity contribution in [3.63, 3.8) is 0 Å². The second-order valence-corrected chi connectivity index (χ2v) is 10.7. The minimum absolute atomic E-state index is 0.143. The summed E-state index contributed by atoms with van der Waals surface area (Å²) in [7, 11) is 0. The number of thiophene rings is 1. The molecule has 4 rings (SSSR count). The second kappa shape index (κ2) is 9.62. The number of amides is 1. The van der Waals surface area contributed by atoms with Crippen LogP contribution >= 0.6 is 23.1 Å². The molecule has 2 aromatic heterocycles. The Hall–Kier alpha value is -2.39. The van der Waals surface area contributed by atoms with E-state index in [2.05, 4.69) is 20.2 Å². The van der Waals surface area contributed by atoms with Gasteiger partial charge in [0.2, 0.25) is 5.91 Å². The molecule has 1 aliphatic heterocycles. The molecule has 0 saturated carbocycles. The molecule has 0 aliphatic carbocycles. The number of H-pyrrole nitrogens is 1. The number of anilines is 2. The molecular weight excluding hydrogens is 447 g/mol. The largest absolute Gasteiger partial charge is 0.370 e. The molecule has 170 valence electrons. The lowest BCUT2D eigenvalue weighted by Crippen LogP contribution is -2.31. The molecule has 1 amide bonds. The SMILES string of the molecule is Cc1sc2nc(CSC(C)C(=O)Nc3cc(F)ccc3N3CCCCC3)[nH]c(=O)c2c1C. The van der Waals surface area contributed by atoms with E-state index in [1.807, 2.05) is 13.8 Å². The number of hydrogen-bond acceptors (Lipinski definition) is 6. The van der Waals surface area contributed by atoms with E-state index >= 15 is 0 Å². The number of fused-ring (bicyclic) bond motifs is 1. The first-order chi connectivity index (χ1) is 15.3. The molecule has 6 nitrogen and oxygen atoms in total. The lowest BCUT2D eigenvalue weighted by Gasteiger charge is -2.30. The van der Waals surface area contributed by atoms with Gasteiger partial charge in [-0.15, -0.1) is 23.1 Å². The molecule has 1 fully saturated rings. The van der Waals surface area contributed by atoms with E-state index in [1.165, 1.54) is 41.7 Å². The Labute approximate surface area is 194 Å². The maximum absolute atomic E-state index is 13.9. The Morgan fingerprint density at radius 1 is 1.31 bits per heavy atom. The van der Waals surface area contributed by atoms with Crippen LogP contribution in [-0.2, 0) is 10.5 Å². The highest BCUT2D eigenvalue weighted by atomic mass is 32.2. The van der Waals surface area contributed by atoms with Gasteiger partial charge in [-0.1, -0.05) is 0 Å². The Kier molecular flexibility index (Phi) is 6.85. The zero-order chi connectivity index (χ0) is 22.8. The van der Waals surface area contributed by atoms with Gasteiger partial charge < -0.3 is 15.2 Å². The molecule has 1 aromatic carbocycles. The maximum atomic E-state index is 13.9. The summed E-state index contributed by atoms with van der Waals surface area (Å²) in [6.07, 6.45) is 3.38. The summed E-state index contributed by atoms with van der Waals surface area (Å²) in [6.45, 7) is 7.52. The fraction of sp³-hybridized carbons (Fsp3) is 0.435.